The van der Waals surface area contributed by atoms with Gasteiger partial charge in [-0.05, 0) is 5.92 Å². The fraction of sp³-hybridized carbons (Fsp3) is 0.818. The summed E-state index contributed by atoms with van der Waals surface area (Å²) in [4.78, 5) is 23.1. The zero-order valence-electron chi connectivity index (χ0n) is 11.1. The highest BCUT2D eigenvalue weighted by atomic mass is 19.4. The second-order valence-corrected chi connectivity index (χ2v) is 4.68. The van der Waals surface area contributed by atoms with Crippen LogP contribution in [0.1, 0.15) is 26.7 Å². The topological polar surface area (TPSA) is 69.6 Å². The monoisotopic (exact) mass is 284 g/mol. The minimum Gasteiger partial charge on any atom is -0.481 e. The van der Waals surface area contributed by atoms with Crippen molar-refractivity contribution in [3.05, 3.63) is 0 Å². The summed E-state index contributed by atoms with van der Waals surface area (Å²) in [6.07, 6.45) is -5.69. The van der Waals surface area contributed by atoms with Gasteiger partial charge in [-0.25, -0.2) is 4.79 Å². The number of rotatable bonds is 6. The number of hydrogen-bond acceptors (Lipinski definition) is 2. The van der Waals surface area contributed by atoms with E-state index in [1.807, 2.05) is 0 Å². The molecule has 5 nitrogen and oxygen atoms in total. The van der Waals surface area contributed by atoms with Crippen LogP contribution in [-0.2, 0) is 4.79 Å². The third-order valence-electron chi connectivity index (χ3n) is 2.59. The Labute approximate surface area is 109 Å². The summed E-state index contributed by atoms with van der Waals surface area (Å²) in [6, 6.07) is -1.32. The molecule has 8 heteroatoms. The Balaban J connectivity index is 4.35. The van der Waals surface area contributed by atoms with E-state index in [4.69, 9.17) is 5.11 Å². The Morgan fingerprint density at radius 3 is 2.21 bits per heavy atom. The van der Waals surface area contributed by atoms with Crippen molar-refractivity contribution in [2.75, 3.05) is 13.6 Å². The van der Waals surface area contributed by atoms with E-state index in [0.717, 1.165) is 4.90 Å². The van der Waals surface area contributed by atoms with Crippen LogP contribution < -0.4 is 5.32 Å². The third kappa shape index (κ3) is 8.28. The summed E-state index contributed by atoms with van der Waals surface area (Å²) in [7, 11) is 1.24. The van der Waals surface area contributed by atoms with E-state index in [1.165, 1.54) is 7.05 Å². The standard InChI is InChI=1S/C11H19F3N2O3/c1-7(2)8(6-9(17)18)15-10(19)16(3)5-4-11(12,13)14/h7-8H,4-6H2,1-3H3,(H,15,19)(H,17,18). The van der Waals surface area contributed by atoms with Crippen LogP contribution in [0.2, 0.25) is 0 Å². The summed E-state index contributed by atoms with van der Waals surface area (Å²) in [5.74, 6) is -1.20. The second-order valence-electron chi connectivity index (χ2n) is 4.68. The van der Waals surface area contributed by atoms with Crippen molar-refractivity contribution in [2.24, 2.45) is 5.92 Å². The molecule has 0 aliphatic rings. The number of urea groups is 1. The average Bonchev–Trinajstić information content (AvgIpc) is 2.22. The van der Waals surface area contributed by atoms with Gasteiger partial charge < -0.3 is 15.3 Å². The fourth-order valence-corrected chi connectivity index (χ4v) is 1.31. The quantitative estimate of drug-likeness (QED) is 0.784. The van der Waals surface area contributed by atoms with Crippen LogP contribution in [0.5, 0.6) is 0 Å². The summed E-state index contributed by atoms with van der Waals surface area (Å²) >= 11 is 0. The molecule has 0 aromatic carbocycles. The highest BCUT2D eigenvalue weighted by Gasteiger charge is 2.28. The number of carboxylic acid groups (broad SMARTS) is 1. The molecule has 0 heterocycles. The lowest BCUT2D eigenvalue weighted by Gasteiger charge is -2.25. The van der Waals surface area contributed by atoms with E-state index in [1.54, 1.807) is 13.8 Å². The number of carbonyl (C=O) groups is 2. The smallest absolute Gasteiger partial charge is 0.390 e. The number of nitrogens with one attached hydrogen (secondary N) is 1. The Morgan fingerprint density at radius 2 is 1.84 bits per heavy atom. The van der Waals surface area contributed by atoms with Crippen LogP contribution >= 0.6 is 0 Å². The molecule has 0 rings (SSSR count). The average molecular weight is 284 g/mol. The van der Waals surface area contributed by atoms with E-state index < -0.39 is 37.2 Å². The van der Waals surface area contributed by atoms with Crippen LogP contribution in [0.4, 0.5) is 18.0 Å². The molecule has 0 fully saturated rings. The Bertz CT molecular complexity index is 319. The van der Waals surface area contributed by atoms with E-state index in [0.29, 0.717) is 0 Å². The first-order valence-corrected chi connectivity index (χ1v) is 5.83. The molecule has 2 amide bonds. The third-order valence-corrected chi connectivity index (χ3v) is 2.59. The molecule has 0 aromatic heterocycles. The number of aliphatic carboxylic acids is 1. The zero-order valence-corrected chi connectivity index (χ0v) is 11.1. The molecule has 0 aromatic rings. The molecule has 19 heavy (non-hydrogen) atoms. The SMILES string of the molecule is CC(C)C(CC(=O)O)NC(=O)N(C)CCC(F)(F)F. The molecular weight excluding hydrogens is 265 g/mol. The molecule has 0 aliphatic heterocycles. The van der Waals surface area contributed by atoms with Gasteiger partial charge in [0, 0.05) is 19.6 Å². The van der Waals surface area contributed by atoms with E-state index in [9.17, 15) is 22.8 Å². The number of alkyl halides is 3. The molecular formula is C11H19F3N2O3. The molecule has 1 unspecified atom stereocenters. The van der Waals surface area contributed by atoms with Gasteiger partial charge in [-0.3, -0.25) is 4.79 Å². The summed E-state index contributed by atoms with van der Waals surface area (Å²) in [6.45, 7) is 2.99. The Kier molecular flexibility index (Phi) is 6.64. The van der Waals surface area contributed by atoms with Gasteiger partial charge in [0.1, 0.15) is 0 Å². The summed E-state index contributed by atoms with van der Waals surface area (Å²) in [5, 5.41) is 11.1. The molecule has 2 N–H and O–H groups in total. The van der Waals surface area contributed by atoms with E-state index in [2.05, 4.69) is 5.32 Å². The molecule has 112 valence electrons. The van der Waals surface area contributed by atoms with Crippen LogP contribution in [0, 0.1) is 5.92 Å². The van der Waals surface area contributed by atoms with Gasteiger partial charge in [-0.2, -0.15) is 13.2 Å². The molecule has 1 atom stereocenters. The van der Waals surface area contributed by atoms with Gasteiger partial charge in [-0.1, -0.05) is 13.8 Å². The summed E-state index contributed by atoms with van der Waals surface area (Å²) < 4.78 is 36.0. The van der Waals surface area contributed by atoms with Crippen molar-refractivity contribution in [2.45, 2.75) is 38.9 Å². The Morgan fingerprint density at radius 1 is 1.32 bits per heavy atom. The lowest BCUT2D eigenvalue weighted by molar-refractivity contribution is -0.137. The highest BCUT2D eigenvalue weighted by molar-refractivity contribution is 5.75. The van der Waals surface area contributed by atoms with Crippen molar-refractivity contribution in [1.29, 1.82) is 0 Å². The molecule has 0 saturated carbocycles. The van der Waals surface area contributed by atoms with Gasteiger partial charge >= 0.3 is 18.2 Å². The van der Waals surface area contributed by atoms with Crippen LogP contribution in [0.3, 0.4) is 0 Å². The number of carboxylic acids is 1. The normalized spacial score (nSPS) is 13.2. The maximum Gasteiger partial charge on any atom is 0.390 e. The Hall–Kier alpha value is -1.47. The maximum atomic E-state index is 12.0. The van der Waals surface area contributed by atoms with E-state index >= 15 is 0 Å². The van der Waals surface area contributed by atoms with Gasteiger partial charge in [-0.15, -0.1) is 0 Å². The van der Waals surface area contributed by atoms with Crippen LogP contribution in [0.15, 0.2) is 0 Å². The molecule has 0 spiro atoms. The first kappa shape index (κ1) is 17.5. The number of carbonyl (C=O) groups excluding carboxylic acids is 1. The molecule has 0 radical (unpaired) electrons. The predicted octanol–water partition coefficient (Wildman–Crippen LogP) is 2.08. The van der Waals surface area contributed by atoms with Crippen molar-refractivity contribution in [3.63, 3.8) is 0 Å². The highest BCUT2D eigenvalue weighted by Crippen LogP contribution is 2.19. The van der Waals surface area contributed by atoms with Crippen molar-refractivity contribution < 1.29 is 27.9 Å². The van der Waals surface area contributed by atoms with Crippen LogP contribution in [0.25, 0.3) is 0 Å². The minimum atomic E-state index is -4.33. The lowest BCUT2D eigenvalue weighted by Crippen LogP contribution is -2.46. The largest absolute Gasteiger partial charge is 0.481 e. The number of halogens is 3. The number of amides is 2. The van der Waals surface area contributed by atoms with Crippen LogP contribution in [-0.4, -0.2) is 47.8 Å². The van der Waals surface area contributed by atoms with Gasteiger partial charge in [0.2, 0.25) is 0 Å². The van der Waals surface area contributed by atoms with E-state index in [-0.39, 0.29) is 12.3 Å². The first-order valence-electron chi connectivity index (χ1n) is 5.83. The van der Waals surface area contributed by atoms with Crippen molar-refractivity contribution >= 4 is 12.0 Å². The second kappa shape index (κ2) is 7.20. The van der Waals surface area contributed by atoms with Gasteiger partial charge in [0.25, 0.3) is 0 Å². The first-order chi connectivity index (χ1) is 8.53. The summed E-state index contributed by atoms with van der Waals surface area (Å²) in [5.41, 5.74) is 0. The zero-order chi connectivity index (χ0) is 15.2. The molecule has 0 aliphatic carbocycles. The number of nitrogens with zero attached hydrogens (tertiary/aromatic N) is 1. The predicted molar refractivity (Wildman–Crippen MR) is 62.7 cm³/mol. The minimum absolute atomic E-state index is 0.129. The van der Waals surface area contributed by atoms with Gasteiger partial charge in [0.05, 0.1) is 12.8 Å². The van der Waals surface area contributed by atoms with Crippen molar-refractivity contribution in [3.8, 4) is 0 Å². The maximum absolute atomic E-state index is 12.0. The van der Waals surface area contributed by atoms with Gasteiger partial charge in [0.15, 0.2) is 0 Å². The number of hydrogen-bond donors (Lipinski definition) is 2. The van der Waals surface area contributed by atoms with Crippen molar-refractivity contribution in [1.82, 2.24) is 10.2 Å². The fourth-order valence-electron chi connectivity index (χ4n) is 1.31. The molecule has 0 bridgehead atoms. The lowest BCUT2D eigenvalue weighted by atomic mass is 10.0. The molecule has 0 saturated heterocycles.